The number of aryl methyl sites for hydroxylation is 1. The minimum Gasteiger partial charge on any atom is -0.458 e. The number of pyridine rings is 2. The lowest BCUT2D eigenvalue weighted by Gasteiger charge is -2.31. The number of benzene rings is 1. The molecule has 34 heavy (non-hydrogen) atoms. The zero-order valence-corrected chi connectivity index (χ0v) is 20.0. The molecule has 4 heterocycles. The van der Waals surface area contributed by atoms with Gasteiger partial charge in [-0.05, 0) is 47.2 Å². The van der Waals surface area contributed by atoms with Crippen molar-refractivity contribution in [1.29, 1.82) is 0 Å². The highest BCUT2D eigenvalue weighted by Gasteiger charge is 2.45. The monoisotopic (exact) mass is 483 g/mol. The Morgan fingerprint density at radius 3 is 2.74 bits per heavy atom. The van der Waals surface area contributed by atoms with Crippen LogP contribution < -0.4 is 10.1 Å². The first-order valence-electron chi connectivity index (χ1n) is 11.1. The first-order chi connectivity index (χ1) is 16.3. The van der Waals surface area contributed by atoms with Crippen molar-refractivity contribution in [2.24, 2.45) is 0 Å². The molecular formula is C24H24N2O7P+. The molecule has 10 heteroatoms. The number of carbonyl (C=O) groups excluding carboxylic acids is 1. The van der Waals surface area contributed by atoms with Gasteiger partial charge in [0.15, 0.2) is 11.4 Å². The zero-order valence-electron chi connectivity index (χ0n) is 19.1. The van der Waals surface area contributed by atoms with Crippen molar-refractivity contribution in [2.45, 2.75) is 45.4 Å². The Bertz CT molecular complexity index is 1430. The van der Waals surface area contributed by atoms with Gasteiger partial charge in [-0.25, -0.2) is 9.78 Å². The van der Waals surface area contributed by atoms with Crippen LogP contribution in [0.15, 0.2) is 29.1 Å². The average Bonchev–Trinajstić information content (AvgIpc) is 3.19. The molecule has 3 aromatic rings. The van der Waals surface area contributed by atoms with Gasteiger partial charge in [0.05, 0.1) is 29.0 Å². The second-order valence-electron chi connectivity index (χ2n) is 8.39. The molecule has 2 aliphatic rings. The van der Waals surface area contributed by atoms with Gasteiger partial charge in [-0.3, -0.25) is 9.32 Å². The number of ether oxygens (including phenoxy) is 2. The number of aromatic nitrogens is 2. The van der Waals surface area contributed by atoms with Crippen molar-refractivity contribution in [3.8, 4) is 17.1 Å². The van der Waals surface area contributed by atoms with E-state index in [1.807, 2.05) is 13.0 Å². The quantitative estimate of drug-likeness (QED) is 0.328. The Labute approximate surface area is 196 Å². The molecule has 0 saturated carbocycles. The standard InChI is InChI=1S/C24H24N2O7P/c1-4-14-15-8-13(33-34(30)12-31-3)6-7-19(15)25-21-16(14)10-26-20(21)9-18-17(22(26)27)11-32-23(28)24(18,29)5-2/h6-9,29H,4-5,10-12H2,1-3H3/q+1/t24-/m0/s1. The van der Waals surface area contributed by atoms with E-state index < -0.39 is 19.6 Å². The van der Waals surface area contributed by atoms with Crippen LogP contribution in [-0.4, -0.2) is 34.1 Å². The molecule has 2 atom stereocenters. The largest absolute Gasteiger partial charge is 0.585 e. The van der Waals surface area contributed by atoms with Crippen LogP contribution in [0.4, 0.5) is 0 Å². The van der Waals surface area contributed by atoms with E-state index in [1.54, 1.807) is 29.7 Å². The van der Waals surface area contributed by atoms with Crippen LogP contribution in [-0.2, 0) is 44.0 Å². The third kappa shape index (κ3) is 3.27. The first-order valence-corrected chi connectivity index (χ1v) is 12.4. The maximum Gasteiger partial charge on any atom is 0.585 e. The highest BCUT2D eigenvalue weighted by Crippen LogP contribution is 2.41. The van der Waals surface area contributed by atoms with E-state index >= 15 is 0 Å². The summed E-state index contributed by atoms with van der Waals surface area (Å²) in [5.41, 5.74) is 2.26. The number of rotatable bonds is 6. The van der Waals surface area contributed by atoms with Gasteiger partial charge in [0.25, 0.3) is 11.9 Å². The van der Waals surface area contributed by atoms with Gasteiger partial charge >= 0.3 is 14.0 Å². The van der Waals surface area contributed by atoms with Crippen LogP contribution in [0.2, 0.25) is 0 Å². The van der Waals surface area contributed by atoms with E-state index in [4.69, 9.17) is 19.0 Å². The molecule has 0 fully saturated rings. The van der Waals surface area contributed by atoms with E-state index in [9.17, 15) is 19.3 Å². The van der Waals surface area contributed by atoms with Crippen LogP contribution in [0, 0.1) is 0 Å². The van der Waals surface area contributed by atoms with Gasteiger partial charge in [0.1, 0.15) is 6.61 Å². The zero-order chi connectivity index (χ0) is 24.2. The van der Waals surface area contributed by atoms with E-state index in [1.165, 1.54) is 7.11 Å². The third-order valence-electron chi connectivity index (χ3n) is 6.57. The van der Waals surface area contributed by atoms with Crippen LogP contribution in [0.5, 0.6) is 5.75 Å². The van der Waals surface area contributed by atoms with Crippen LogP contribution in [0.1, 0.15) is 42.5 Å². The van der Waals surface area contributed by atoms with Crippen molar-refractivity contribution < 1.29 is 28.5 Å². The van der Waals surface area contributed by atoms with Gasteiger partial charge in [0.2, 0.25) is 0 Å². The first kappa shape index (κ1) is 22.7. The summed E-state index contributed by atoms with van der Waals surface area (Å²) < 4.78 is 29.1. The van der Waals surface area contributed by atoms with Crippen molar-refractivity contribution >= 4 is 24.9 Å². The summed E-state index contributed by atoms with van der Waals surface area (Å²) >= 11 is 0. The summed E-state index contributed by atoms with van der Waals surface area (Å²) in [5.74, 6) is -0.293. The SMILES string of the molecule is CCc1c2c(nc3ccc(O[P+](=O)COC)cc13)-c1cc3c(c(=O)n1C2)COC(=O)[C@]3(O)CC. The molecule has 0 amide bonds. The summed E-state index contributed by atoms with van der Waals surface area (Å²) in [6, 6.07) is 7.00. The molecule has 1 aromatic carbocycles. The summed E-state index contributed by atoms with van der Waals surface area (Å²) in [4.78, 5) is 30.6. The fraction of sp³-hybridized carbons (Fsp3) is 0.375. The Hall–Kier alpha value is -3.13. The average molecular weight is 483 g/mol. The highest BCUT2D eigenvalue weighted by molar-refractivity contribution is 7.39. The summed E-state index contributed by atoms with van der Waals surface area (Å²) in [7, 11) is -0.536. The normalized spacial score (nSPS) is 18.8. The number of nitrogens with zero attached hydrogens (tertiary/aromatic N) is 2. The van der Waals surface area contributed by atoms with Crippen molar-refractivity contribution in [1.82, 2.24) is 9.55 Å². The molecule has 0 saturated heterocycles. The predicted molar refractivity (Wildman–Crippen MR) is 124 cm³/mol. The van der Waals surface area contributed by atoms with E-state index in [-0.39, 0.29) is 24.9 Å². The lowest BCUT2D eigenvalue weighted by atomic mass is 9.86. The number of hydrogen-bond donors (Lipinski definition) is 1. The minimum absolute atomic E-state index is 0.00430. The number of hydrogen-bond acceptors (Lipinski definition) is 8. The fourth-order valence-corrected chi connectivity index (χ4v) is 5.46. The molecule has 0 bridgehead atoms. The Balaban J connectivity index is 1.69. The van der Waals surface area contributed by atoms with Crippen molar-refractivity contribution in [3.63, 3.8) is 0 Å². The molecule has 1 N–H and O–H groups in total. The molecule has 9 nitrogen and oxygen atoms in total. The third-order valence-corrected chi connectivity index (χ3v) is 7.46. The minimum atomic E-state index is -1.99. The van der Waals surface area contributed by atoms with Crippen molar-refractivity contribution in [3.05, 3.63) is 56.9 Å². The van der Waals surface area contributed by atoms with Gasteiger partial charge in [-0.1, -0.05) is 13.8 Å². The summed E-state index contributed by atoms with van der Waals surface area (Å²) in [6.07, 6.45) is 0.766. The maximum absolute atomic E-state index is 13.4. The Morgan fingerprint density at radius 2 is 2.03 bits per heavy atom. The van der Waals surface area contributed by atoms with Gasteiger partial charge in [0, 0.05) is 23.6 Å². The van der Waals surface area contributed by atoms with Crippen molar-refractivity contribution in [2.75, 3.05) is 13.5 Å². The fourth-order valence-electron chi connectivity index (χ4n) is 4.85. The second kappa shape index (κ2) is 8.27. The molecule has 0 aliphatic carbocycles. The smallest absolute Gasteiger partial charge is 0.458 e. The number of carbonyl (C=O) groups is 1. The molecule has 0 spiro atoms. The molecule has 0 radical (unpaired) electrons. The van der Waals surface area contributed by atoms with Gasteiger partial charge in [-0.15, -0.1) is 0 Å². The summed E-state index contributed by atoms with van der Waals surface area (Å²) in [5, 5.41) is 11.9. The molecular weight excluding hydrogens is 459 g/mol. The number of esters is 1. The van der Waals surface area contributed by atoms with Crippen LogP contribution in [0.3, 0.4) is 0 Å². The topological polar surface area (TPSA) is 117 Å². The number of methoxy groups -OCH3 is 1. The highest BCUT2D eigenvalue weighted by atomic mass is 31.1. The molecule has 176 valence electrons. The van der Waals surface area contributed by atoms with E-state index in [0.717, 1.165) is 16.5 Å². The second-order valence-corrected chi connectivity index (χ2v) is 9.50. The lowest BCUT2D eigenvalue weighted by Crippen LogP contribution is -2.44. The van der Waals surface area contributed by atoms with Crippen LogP contribution in [0.25, 0.3) is 22.3 Å². The molecule has 1 unspecified atom stereocenters. The maximum atomic E-state index is 13.4. The number of aliphatic hydroxyl groups is 1. The van der Waals surface area contributed by atoms with Crippen LogP contribution >= 0.6 is 8.03 Å². The Morgan fingerprint density at radius 1 is 1.24 bits per heavy atom. The molecule has 5 rings (SSSR count). The molecule has 2 aliphatic heterocycles. The summed E-state index contributed by atoms with van der Waals surface area (Å²) in [6.45, 7) is 3.86. The van der Waals surface area contributed by atoms with E-state index in [2.05, 4.69) is 0 Å². The number of cyclic esters (lactones) is 1. The molecule has 2 aromatic heterocycles. The Kier molecular flexibility index (Phi) is 5.51. The lowest BCUT2D eigenvalue weighted by molar-refractivity contribution is -0.172. The number of fused-ring (bicyclic) bond motifs is 5. The predicted octanol–water partition coefficient (Wildman–Crippen LogP) is 3.37. The van der Waals surface area contributed by atoms with Gasteiger partial charge < -0.3 is 19.1 Å². The van der Waals surface area contributed by atoms with Gasteiger partial charge in [-0.2, -0.15) is 0 Å². The van der Waals surface area contributed by atoms with E-state index in [0.29, 0.717) is 46.7 Å².